The van der Waals surface area contributed by atoms with E-state index in [-0.39, 0.29) is 11.6 Å². The number of H-pyrrole nitrogens is 1. The number of halogens is 1. The first-order valence-corrected chi connectivity index (χ1v) is 6.04. The molecule has 0 saturated carbocycles. The average Bonchev–Trinajstić information content (AvgIpc) is 2.73. The van der Waals surface area contributed by atoms with E-state index in [0.29, 0.717) is 0 Å². The maximum absolute atomic E-state index is 13.4. The molecule has 1 aromatic heterocycles. The fourth-order valence-corrected chi connectivity index (χ4v) is 2.32. The maximum atomic E-state index is 13.4. The van der Waals surface area contributed by atoms with Crippen molar-refractivity contribution in [1.29, 1.82) is 0 Å². The molecule has 0 saturated heterocycles. The summed E-state index contributed by atoms with van der Waals surface area (Å²) in [5.41, 5.74) is 5.57. The quantitative estimate of drug-likeness (QED) is 0.711. The minimum atomic E-state index is -4.04. The van der Waals surface area contributed by atoms with Crippen molar-refractivity contribution in [2.75, 3.05) is 10.5 Å². The summed E-state index contributed by atoms with van der Waals surface area (Å²) < 4.78 is 39.1. The van der Waals surface area contributed by atoms with E-state index in [1.807, 2.05) is 0 Å². The molecule has 0 fully saturated rings. The normalized spacial score (nSPS) is 11.4. The van der Waals surface area contributed by atoms with Crippen molar-refractivity contribution in [3.8, 4) is 0 Å². The average molecular weight is 256 g/mol. The predicted molar refractivity (Wildman–Crippen MR) is 60.2 cm³/mol. The second kappa shape index (κ2) is 4.06. The molecule has 0 aliphatic heterocycles. The predicted octanol–water partition coefficient (Wildman–Crippen LogP) is 0.932. The van der Waals surface area contributed by atoms with Crippen molar-refractivity contribution in [3.05, 3.63) is 36.4 Å². The molecule has 0 bridgehead atoms. The van der Waals surface area contributed by atoms with Crippen LogP contribution in [0.2, 0.25) is 0 Å². The van der Waals surface area contributed by atoms with Crippen LogP contribution in [0, 0.1) is 5.82 Å². The Morgan fingerprint density at radius 1 is 1.41 bits per heavy atom. The number of anilines is 2. The molecule has 6 nitrogen and oxygen atoms in total. The highest BCUT2D eigenvalue weighted by atomic mass is 32.2. The van der Waals surface area contributed by atoms with Crippen LogP contribution >= 0.6 is 0 Å². The van der Waals surface area contributed by atoms with E-state index >= 15 is 0 Å². The summed E-state index contributed by atoms with van der Waals surface area (Å²) in [4.78, 5) is 5.70. The van der Waals surface area contributed by atoms with Gasteiger partial charge in [0.25, 0.3) is 10.0 Å². The van der Waals surface area contributed by atoms with Gasteiger partial charge in [-0.2, -0.15) is 0 Å². The number of rotatable bonds is 3. The lowest BCUT2D eigenvalue weighted by molar-refractivity contribution is 0.570. The van der Waals surface area contributed by atoms with Gasteiger partial charge < -0.3 is 10.7 Å². The standard InChI is InChI=1S/C9H9FN4O2S/c10-7-2-1-6(11)5-8(7)17(15,16)14-9-12-3-4-13-9/h1-5H,11H2,(H2,12,13,14). The lowest BCUT2D eigenvalue weighted by Gasteiger charge is -2.06. The second-order valence-electron chi connectivity index (χ2n) is 3.23. The zero-order valence-electron chi connectivity index (χ0n) is 8.51. The van der Waals surface area contributed by atoms with Gasteiger partial charge in [-0.05, 0) is 18.2 Å². The summed E-state index contributed by atoms with van der Waals surface area (Å²) in [6, 6.07) is 3.31. The number of nitrogens with zero attached hydrogens (tertiary/aromatic N) is 1. The Bertz CT molecular complexity index is 624. The number of nitrogen functional groups attached to an aromatic ring is 1. The van der Waals surface area contributed by atoms with Crippen LogP contribution in [0.4, 0.5) is 16.0 Å². The van der Waals surface area contributed by atoms with E-state index < -0.39 is 20.7 Å². The monoisotopic (exact) mass is 256 g/mol. The molecule has 0 aliphatic carbocycles. The Morgan fingerprint density at radius 3 is 2.82 bits per heavy atom. The first kappa shape index (κ1) is 11.4. The number of hydrogen-bond acceptors (Lipinski definition) is 4. The van der Waals surface area contributed by atoms with Crippen LogP contribution in [0.25, 0.3) is 0 Å². The highest BCUT2D eigenvalue weighted by Crippen LogP contribution is 2.19. The summed E-state index contributed by atoms with van der Waals surface area (Å²) in [5, 5.41) is 0. The van der Waals surface area contributed by atoms with Gasteiger partial charge in [-0.1, -0.05) is 0 Å². The molecule has 1 heterocycles. The zero-order valence-corrected chi connectivity index (χ0v) is 9.33. The van der Waals surface area contributed by atoms with Crippen molar-refractivity contribution < 1.29 is 12.8 Å². The molecule has 17 heavy (non-hydrogen) atoms. The van der Waals surface area contributed by atoms with Gasteiger partial charge in [-0.25, -0.2) is 22.5 Å². The third-order valence-corrected chi connectivity index (χ3v) is 3.33. The summed E-state index contributed by atoms with van der Waals surface area (Å²) in [7, 11) is -4.04. The van der Waals surface area contributed by atoms with Crippen molar-refractivity contribution in [2.45, 2.75) is 4.90 Å². The molecule has 90 valence electrons. The third kappa shape index (κ3) is 2.36. The molecule has 0 spiro atoms. The fraction of sp³-hybridized carbons (Fsp3) is 0. The van der Waals surface area contributed by atoms with Crippen LogP contribution in [0.15, 0.2) is 35.5 Å². The summed E-state index contributed by atoms with van der Waals surface area (Å²) >= 11 is 0. The van der Waals surface area contributed by atoms with E-state index in [0.717, 1.165) is 12.1 Å². The van der Waals surface area contributed by atoms with Crippen LogP contribution in [0.3, 0.4) is 0 Å². The maximum Gasteiger partial charge on any atom is 0.267 e. The molecule has 2 aromatic rings. The first-order valence-electron chi connectivity index (χ1n) is 4.56. The minimum absolute atomic E-state index is 0.00632. The number of aromatic nitrogens is 2. The number of benzene rings is 1. The first-order chi connectivity index (χ1) is 7.99. The zero-order chi connectivity index (χ0) is 12.5. The van der Waals surface area contributed by atoms with E-state index in [4.69, 9.17) is 5.73 Å². The number of aromatic amines is 1. The molecule has 4 N–H and O–H groups in total. The van der Waals surface area contributed by atoms with Gasteiger partial charge >= 0.3 is 0 Å². The topological polar surface area (TPSA) is 101 Å². The number of nitrogens with two attached hydrogens (primary N) is 1. The summed E-state index contributed by atoms with van der Waals surface area (Å²) in [6.45, 7) is 0. The smallest absolute Gasteiger partial charge is 0.267 e. The van der Waals surface area contributed by atoms with E-state index in [1.165, 1.54) is 18.5 Å². The summed E-state index contributed by atoms with van der Waals surface area (Å²) in [6.07, 6.45) is 2.81. The van der Waals surface area contributed by atoms with E-state index in [9.17, 15) is 12.8 Å². The molecule has 0 aliphatic rings. The van der Waals surface area contributed by atoms with E-state index in [2.05, 4.69) is 14.7 Å². The second-order valence-corrected chi connectivity index (χ2v) is 4.88. The summed E-state index contributed by atoms with van der Waals surface area (Å²) in [5.74, 6) is -0.870. The highest BCUT2D eigenvalue weighted by molar-refractivity contribution is 7.92. The highest BCUT2D eigenvalue weighted by Gasteiger charge is 2.20. The molecule has 0 atom stereocenters. The number of hydrogen-bond donors (Lipinski definition) is 3. The molecule has 8 heteroatoms. The minimum Gasteiger partial charge on any atom is -0.399 e. The molecular weight excluding hydrogens is 247 g/mol. The van der Waals surface area contributed by atoms with E-state index in [1.54, 1.807) is 0 Å². The fourth-order valence-electron chi connectivity index (χ4n) is 1.23. The van der Waals surface area contributed by atoms with Crippen molar-refractivity contribution in [3.63, 3.8) is 0 Å². The van der Waals surface area contributed by atoms with Gasteiger partial charge in [0.2, 0.25) is 5.95 Å². The van der Waals surface area contributed by atoms with Crippen LogP contribution in [-0.4, -0.2) is 18.4 Å². The molecule has 2 rings (SSSR count). The lowest BCUT2D eigenvalue weighted by atomic mass is 10.3. The Labute approximate surface area is 96.7 Å². The van der Waals surface area contributed by atoms with Gasteiger partial charge in [-0.3, -0.25) is 0 Å². The molecule has 1 aromatic carbocycles. The third-order valence-electron chi connectivity index (χ3n) is 1.97. The van der Waals surface area contributed by atoms with Crippen molar-refractivity contribution >= 4 is 21.7 Å². The largest absolute Gasteiger partial charge is 0.399 e. The Balaban J connectivity index is 2.41. The SMILES string of the molecule is Nc1ccc(F)c(S(=O)(=O)Nc2ncc[nH]2)c1. The van der Waals surface area contributed by atoms with Crippen molar-refractivity contribution in [2.24, 2.45) is 0 Å². The van der Waals surface area contributed by atoms with Gasteiger partial charge in [0.1, 0.15) is 10.7 Å². The van der Waals surface area contributed by atoms with Crippen molar-refractivity contribution in [1.82, 2.24) is 9.97 Å². The molecule has 0 amide bonds. The number of sulfonamides is 1. The number of nitrogens with one attached hydrogen (secondary N) is 2. The van der Waals surface area contributed by atoms with Gasteiger partial charge in [0, 0.05) is 18.1 Å². The van der Waals surface area contributed by atoms with Gasteiger partial charge in [-0.15, -0.1) is 0 Å². The molecule has 0 unspecified atom stereocenters. The van der Waals surface area contributed by atoms with Gasteiger partial charge in [0.05, 0.1) is 0 Å². The molecular formula is C9H9FN4O2S. The number of imidazole rings is 1. The Morgan fingerprint density at radius 2 is 2.18 bits per heavy atom. The Kier molecular flexibility index (Phi) is 2.72. The molecule has 0 radical (unpaired) electrons. The van der Waals surface area contributed by atoms with Crippen LogP contribution < -0.4 is 10.5 Å². The Hall–Kier alpha value is -2.09. The van der Waals surface area contributed by atoms with Crippen LogP contribution in [-0.2, 0) is 10.0 Å². The van der Waals surface area contributed by atoms with Crippen LogP contribution in [0.5, 0.6) is 0 Å². The van der Waals surface area contributed by atoms with Crippen LogP contribution in [0.1, 0.15) is 0 Å². The van der Waals surface area contributed by atoms with Gasteiger partial charge in [0.15, 0.2) is 0 Å². The lowest BCUT2D eigenvalue weighted by Crippen LogP contribution is -2.15.